The van der Waals surface area contributed by atoms with Gasteiger partial charge in [-0.05, 0) is 79.4 Å². The van der Waals surface area contributed by atoms with Crippen LogP contribution in [0, 0.1) is 40.4 Å². The molecule has 4 aliphatic rings. The Morgan fingerprint density at radius 2 is 1.87 bits per heavy atom. The molecule has 4 saturated carbocycles. The predicted molar refractivity (Wildman–Crippen MR) is 116 cm³/mol. The van der Waals surface area contributed by atoms with Gasteiger partial charge in [0.05, 0.1) is 10.4 Å². The number of rotatable bonds is 3. The summed E-state index contributed by atoms with van der Waals surface area (Å²) in [6, 6.07) is 0. The fourth-order valence-corrected chi connectivity index (χ4v) is 9.53. The molecule has 30 heavy (non-hydrogen) atoms. The highest BCUT2D eigenvalue weighted by atomic mass is 79.9. The molecule has 0 unspecified atom stereocenters. The highest BCUT2D eigenvalue weighted by Gasteiger charge is 2.68. The maximum atomic E-state index is 15.8. The second-order valence-corrected chi connectivity index (χ2v) is 12.7. The molecule has 0 saturated heterocycles. The third kappa shape index (κ3) is 3.14. The van der Waals surface area contributed by atoms with Gasteiger partial charge in [0.15, 0.2) is 5.78 Å². The van der Waals surface area contributed by atoms with Gasteiger partial charge < -0.3 is 9.84 Å². The number of halogens is 2. The number of hydrogen-bond donors (Lipinski definition) is 1. The quantitative estimate of drug-likeness (QED) is 0.457. The van der Waals surface area contributed by atoms with Crippen LogP contribution in [0.15, 0.2) is 0 Å². The molecular formula is C24H36BrFO4. The summed E-state index contributed by atoms with van der Waals surface area (Å²) >= 11 is 3.83. The topological polar surface area (TPSA) is 63.6 Å². The number of Topliss-reactive ketones (excluding diaryl/α,β-unsaturated/α-hetero) is 1. The standard InChI is InChI=1S/C24H36BrFO4/c1-13-9-18-16-10-20(26)24(25)11-15(28)5-8-23(24,4)17(16)6-7-22(18,3)21(13)19(29)12-30-14(2)27/h13,15-18,20-21,28H,5-12H2,1-4H3/t13-,15+,16-,17+,18+,20-,21-,22+,23-,24+/m1/s1. The highest BCUT2D eigenvalue weighted by Crippen LogP contribution is 2.71. The molecule has 0 spiro atoms. The van der Waals surface area contributed by atoms with Crippen LogP contribution in [0.2, 0.25) is 0 Å². The minimum atomic E-state index is -0.993. The Bertz CT molecular complexity index is 730. The highest BCUT2D eigenvalue weighted by molar-refractivity contribution is 9.10. The Hall–Kier alpha value is -0.490. The molecule has 4 aliphatic carbocycles. The largest absolute Gasteiger partial charge is 0.458 e. The van der Waals surface area contributed by atoms with Crippen LogP contribution in [-0.4, -0.2) is 40.1 Å². The zero-order valence-corrected chi connectivity index (χ0v) is 20.2. The summed E-state index contributed by atoms with van der Waals surface area (Å²) < 4.78 is 20.1. The van der Waals surface area contributed by atoms with Gasteiger partial charge in [0.25, 0.3) is 0 Å². The number of carbonyl (C=O) groups excluding carboxylic acids is 2. The summed E-state index contributed by atoms with van der Waals surface area (Å²) in [5, 5.41) is 10.3. The van der Waals surface area contributed by atoms with Crippen molar-refractivity contribution in [2.24, 2.45) is 40.4 Å². The molecule has 0 bridgehead atoms. The average Bonchev–Trinajstić information content (AvgIpc) is 2.93. The van der Waals surface area contributed by atoms with Crippen molar-refractivity contribution in [2.75, 3.05) is 6.61 Å². The van der Waals surface area contributed by atoms with Gasteiger partial charge in [0.1, 0.15) is 12.8 Å². The monoisotopic (exact) mass is 486 g/mol. The van der Waals surface area contributed by atoms with Gasteiger partial charge in [-0.2, -0.15) is 0 Å². The van der Waals surface area contributed by atoms with E-state index in [9.17, 15) is 14.7 Å². The number of esters is 1. The van der Waals surface area contributed by atoms with E-state index in [1.807, 2.05) is 0 Å². The molecule has 4 fully saturated rings. The van der Waals surface area contributed by atoms with E-state index in [1.165, 1.54) is 6.92 Å². The first kappa shape index (κ1) is 22.7. The normalized spacial score (nSPS) is 52.7. The molecule has 4 rings (SSSR count). The van der Waals surface area contributed by atoms with Crippen molar-refractivity contribution in [3.05, 3.63) is 0 Å². The fourth-order valence-electron chi connectivity index (χ4n) is 8.48. The predicted octanol–water partition coefficient (Wildman–Crippen LogP) is 4.85. The molecule has 6 heteroatoms. The summed E-state index contributed by atoms with van der Waals surface area (Å²) in [6.07, 6.45) is 4.03. The fraction of sp³-hybridized carbons (Fsp3) is 0.917. The Labute approximate surface area is 187 Å². The molecule has 1 N–H and O–H groups in total. The summed E-state index contributed by atoms with van der Waals surface area (Å²) in [6.45, 7) is 7.79. The Morgan fingerprint density at radius 3 is 2.53 bits per heavy atom. The number of hydrogen-bond acceptors (Lipinski definition) is 4. The van der Waals surface area contributed by atoms with Gasteiger partial charge in [-0.3, -0.25) is 9.59 Å². The number of ether oxygens (including phenoxy) is 1. The second kappa shape index (κ2) is 7.54. The molecule has 0 radical (unpaired) electrons. The van der Waals surface area contributed by atoms with Crippen molar-refractivity contribution >= 4 is 27.7 Å². The maximum absolute atomic E-state index is 15.8. The van der Waals surface area contributed by atoms with E-state index in [0.717, 1.165) is 32.1 Å². The van der Waals surface area contributed by atoms with Crippen LogP contribution in [0.3, 0.4) is 0 Å². The van der Waals surface area contributed by atoms with Gasteiger partial charge in [-0.15, -0.1) is 0 Å². The van der Waals surface area contributed by atoms with Crippen molar-refractivity contribution in [3.8, 4) is 0 Å². The summed E-state index contributed by atoms with van der Waals surface area (Å²) in [7, 11) is 0. The molecule has 170 valence electrons. The van der Waals surface area contributed by atoms with Gasteiger partial charge in [0, 0.05) is 12.8 Å². The van der Waals surface area contributed by atoms with Gasteiger partial charge in [0.2, 0.25) is 0 Å². The van der Waals surface area contributed by atoms with E-state index in [4.69, 9.17) is 4.74 Å². The van der Waals surface area contributed by atoms with E-state index < -0.39 is 22.6 Å². The maximum Gasteiger partial charge on any atom is 0.303 e. The number of alkyl halides is 2. The summed E-state index contributed by atoms with van der Waals surface area (Å²) in [5.41, 5.74) is -0.340. The molecule has 0 heterocycles. The number of aliphatic hydroxyl groups excluding tert-OH is 1. The molecule has 0 aromatic carbocycles. The SMILES string of the molecule is CC(=O)OCC(=O)[C@H]1[C@H](C)C[C@H]2[C@@H]3C[C@@H](F)[C@@]4(Br)C[C@@H](O)CC[C@]4(C)[C@H]3CC[C@@]21C. The average molecular weight is 487 g/mol. The van der Waals surface area contributed by atoms with Crippen LogP contribution < -0.4 is 0 Å². The zero-order valence-electron chi connectivity index (χ0n) is 18.6. The number of ketones is 1. The van der Waals surface area contributed by atoms with E-state index in [1.54, 1.807) is 0 Å². The molecule has 0 aromatic rings. The van der Waals surface area contributed by atoms with Crippen LogP contribution in [0.1, 0.15) is 72.6 Å². The summed E-state index contributed by atoms with van der Waals surface area (Å²) in [5.74, 6) is 0.678. The first-order chi connectivity index (χ1) is 13.9. The smallest absolute Gasteiger partial charge is 0.303 e. The Kier molecular flexibility index (Phi) is 5.70. The van der Waals surface area contributed by atoms with Crippen LogP contribution in [0.25, 0.3) is 0 Å². The Morgan fingerprint density at radius 1 is 1.17 bits per heavy atom. The first-order valence-corrected chi connectivity index (χ1v) is 12.4. The minimum Gasteiger partial charge on any atom is -0.458 e. The van der Waals surface area contributed by atoms with Crippen LogP contribution in [-0.2, 0) is 14.3 Å². The zero-order chi connectivity index (χ0) is 22.1. The van der Waals surface area contributed by atoms with E-state index in [2.05, 4.69) is 36.7 Å². The molecular weight excluding hydrogens is 451 g/mol. The lowest BCUT2D eigenvalue weighted by molar-refractivity contribution is -0.153. The van der Waals surface area contributed by atoms with Crippen molar-refractivity contribution in [1.82, 2.24) is 0 Å². The molecule has 10 atom stereocenters. The van der Waals surface area contributed by atoms with Gasteiger partial charge in [-0.1, -0.05) is 36.7 Å². The van der Waals surface area contributed by atoms with E-state index in [0.29, 0.717) is 24.7 Å². The second-order valence-electron chi connectivity index (χ2n) is 11.2. The molecule has 4 nitrogen and oxygen atoms in total. The van der Waals surface area contributed by atoms with Crippen LogP contribution in [0.5, 0.6) is 0 Å². The molecule has 0 aromatic heterocycles. The van der Waals surface area contributed by atoms with Gasteiger partial charge in [-0.25, -0.2) is 4.39 Å². The lowest BCUT2D eigenvalue weighted by Crippen LogP contribution is -2.64. The van der Waals surface area contributed by atoms with Crippen molar-refractivity contribution in [1.29, 1.82) is 0 Å². The Balaban J connectivity index is 1.63. The van der Waals surface area contributed by atoms with E-state index >= 15 is 4.39 Å². The number of fused-ring (bicyclic) bond motifs is 5. The van der Waals surface area contributed by atoms with Gasteiger partial charge >= 0.3 is 5.97 Å². The van der Waals surface area contributed by atoms with Crippen LogP contribution >= 0.6 is 15.9 Å². The first-order valence-electron chi connectivity index (χ1n) is 11.6. The lowest BCUT2D eigenvalue weighted by Gasteiger charge is -2.64. The number of carbonyl (C=O) groups is 2. The molecule has 0 amide bonds. The molecule has 0 aliphatic heterocycles. The van der Waals surface area contributed by atoms with Crippen molar-refractivity contribution < 1.29 is 23.8 Å². The number of aliphatic hydroxyl groups is 1. The van der Waals surface area contributed by atoms with Crippen molar-refractivity contribution in [3.63, 3.8) is 0 Å². The third-order valence-electron chi connectivity index (χ3n) is 9.82. The third-order valence-corrected chi connectivity index (χ3v) is 11.5. The van der Waals surface area contributed by atoms with Crippen molar-refractivity contribution in [2.45, 2.75) is 89.2 Å². The van der Waals surface area contributed by atoms with Crippen LogP contribution in [0.4, 0.5) is 4.39 Å². The lowest BCUT2D eigenvalue weighted by atomic mass is 9.44. The van der Waals surface area contributed by atoms with E-state index in [-0.39, 0.29) is 41.0 Å². The summed E-state index contributed by atoms with van der Waals surface area (Å²) in [4.78, 5) is 24.3. The minimum absolute atomic E-state index is 0.0237.